The zero-order valence-corrected chi connectivity index (χ0v) is 14.1. The fraction of sp³-hybridized carbons (Fsp3) is 0.429. The van der Waals surface area contributed by atoms with E-state index in [4.69, 9.17) is 23.8 Å². The first-order valence-electron chi connectivity index (χ1n) is 6.80. The Bertz CT molecular complexity index is 591. The molecule has 1 aromatic carbocycles. The van der Waals surface area contributed by atoms with Crippen LogP contribution in [-0.4, -0.2) is 34.4 Å². The number of carboxylic acid groups (broad SMARTS) is 2. The third-order valence-electron chi connectivity index (χ3n) is 2.30. The number of aromatic carboxylic acids is 2. The molecule has 0 radical (unpaired) electrons. The monoisotopic (exact) mass is 346 g/mol. The van der Waals surface area contributed by atoms with E-state index in [0.717, 1.165) is 18.2 Å². The van der Waals surface area contributed by atoms with E-state index in [-0.39, 0.29) is 16.9 Å². The van der Waals surface area contributed by atoms with Crippen molar-refractivity contribution in [3.8, 4) is 5.75 Å². The van der Waals surface area contributed by atoms with Gasteiger partial charge >= 0.3 is 19.8 Å². The van der Waals surface area contributed by atoms with E-state index >= 15 is 0 Å². The zero-order valence-electron chi connectivity index (χ0n) is 13.2. The van der Waals surface area contributed by atoms with Gasteiger partial charge in [-0.3, -0.25) is 9.05 Å². The average molecular weight is 346 g/mol. The minimum absolute atomic E-state index is 0.230. The Balaban J connectivity index is 3.24. The van der Waals surface area contributed by atoms with Crippen LogP contribution >= 0.6 is 7.82 Å². The minimum atomic E-state index is -4.04. The summed E-state index contributed by atoms with van der Waals surface area (Å²) in [6.45, 7) is 6.48. The van der Waals surface area contributed by atoms with Crippen molar-refractivity contribution in [1.82, 2.24) is 0 Å². The summed E-state index contributed by atoms with van der Waals surface area (Å²) in [6.07, 6.45) is -0.970. The molecule has 1 rings (SSSR count). The molecule has 1 aromatic rings. The summed E-state index contributed by atoms with van der Waals surface area (Å²) < 4.78 is 28.1. The number of phosphoric ester groups is 1. The Morgan fingerprint density at radius 3 is 1.61 bits per heavy atom. The Hall–Kier alpha value is -1.89. The van der Waals surface area contributed by atoms with Gasteiger partial charge in [-0.2, -0.15) is 0 Å². The quantitative estimate of drug-likeness (QED) is 0.687. The van der Waals surface area contributed by atoms with Gasteiger partial charge in [-0.15, -0.1) is 0 Å². The highest BCUT2D eigenvalue weighted by Crippen LogP contribution is 2.51. The van der Waals surface area contributed by atoms with Crippen molar-refractivity contribution in [1.29, 1.82) is 0 Å². The molecule has 128 valence electrons. The fourth-order valence-electron chi connectivity index (χ4n) is 1.61. The van der Waals surface area contributed by atoms with Crippen LogP contribution < -0.4 is 4.52 Å². The highest BCUT2D eigenvalue weighted by molar-refractivity contribution is 7.49. The molecule has 0 aromatic heterocycles. The van der Waals surface area contributed by atoms with Crippen molar-refractivity contribution in [3.63, 3.8) is 0 Å². The van der Waals surface area contributed by atoms with E-state index in [0.29, 0.717) is 0 Å². The van der Waals surface area contributed by atoms with Gasteiger partial charge in [-0.25, -0.2) is 14.2 Å². The first-order chi connectivity index (χ1) is 10.5. The van der Waals surface area contributed by atoms with Gasteiger partial charge in [0.25, 0.3) is 0 Å². The maximum Gasteiger partial charge on any atom is 0.530 e. The van der Waals surface area contributed by atoms with Gasteiger partial charge < -0.3 is 14.7 Å². The van der Waals surface area contributed by atoms with E-state index in [1.165, 1.54) is 0 Å². The minimum Gasteiger partial charge on any atom is -0.478 e. The SMILES string of the molecule is CC(C)OP(=O)(Oc1cc(C(=O)O)cc(C(=O)O)c1)OC(C)C. The van der Waals surface area contributed by atoms with Crippen LogP contribution in [0.25, 0.3) is 0 Å². The van der Waals surface area contributed by atoms with Crippen LogP contribution in [0.4, 0.5) is 0 Å². The largest absolute Gasteiger partial charge is 0.530 e. The Kier molecular flexibility index (Phi) is 6.32. The maximum absolute atomic E-state index is 12.6. The standard InChI is InChI=1S/C14H19O8P/c1-8(2)20-23(19,21-9(3)4)22-12-6-10(13(15)16)5-11(7-12)14(17)18/h5-9H,1-4H3,(H,15,16)(H,17,18). The van der Waals surface area contributed by atoms with Gasteiger partial charge in [-0.1, -0.05) is 0 Å². The molecular weight excluding hydrogens is 327 g/mol. The van der Waals surface area contributed by atoms with Gasteiger partial charge in [-0.05, 0) is 45.9 Å². The molecule has 0 unspecified atom stereocenters. The van der Waals surface area contributed by atoms with Crippen molar-refractivity contribution >= 4 is 19.8 Å². The topological polar surface area (TPSA) is 119 Å². The van der Waals surface area contributed by atoms with Crippen LogP contribution in [0.2, 0.25) is 0 Å². The first kappa shape index (κ1) is 19.2. The second kappa shape index (κ2) is 7.59. The Labute approximate surface area is 133 Å². The number of phosphoric acid groups is 1. The molecule has 23 heavy (non-hydrogen) atoms. The van der Waals surface area contributed by atoms with Crippen LogP contribution in [0.3, 0.4) is 0 Å². The summed E-state index contributed by atoms with van der Waals surface area (Å²) in [4.78, 5) is 22.1. The van der Waals surface area contributed by atoms with Crippen LogP contribution in [-0.2, 0) is 13.6 Å². The molecule has 0 fully saturated rings. The molecule has 9 heteroatoms. The summed E-state index contributed by atoms with van der Waals surface area (Å²) >= 11 is 0. The van der Waals surface area contributed by atoms with E-state index in [1.54, 1.807) is 27.7 Å². The number of rotatable bonds is 8. The molecular formula is C14H19O8P. The summed E-state index contributed by atoms with van der Waals surface area (Å²) in [5, 5.41) is 18.0. The molecule has 0 amide bonds. The molecule has 8 nitrogen and oxygen atoms in total. The average Bonchev–Trinajstić information content (AvgIpc) is 2.35. The fourth-order valence-corrected chi connectivity index (χ4v) is 3.14. The van der Waals surface area contributed by atoms with Crippen LogP contribution in [0.1, 0.15) is 48.4 Å². The van der Waals surface area contributed by atoms with Crippen LogP contribution in [0.5, 0.6) is 5.75 Å². The van der Waals surface area contributed by atoms with Gasteiger partial charge in [0.05, 0.1) is 23.3 Å². The summed E-state index contributed by atoms with van der Waals surface area (Å²) in [5.74, 6) is -2.92. The second-order valence-electron chi connectivity index (χ2n) is 5.20. The molecule has 0 bridgehead atoms. The normalized spacial score (nSPS) is 11.7. The van der Waals surface area contributed by atoms with E-state index in [2.05, 4.69) is 0 Å². The van der Waals surface area contributed by atoms with Gasteiger partial charge in [0.1, 0.15) is 5.75 Å². The predicted molar refractivity (Wildman–Crippen MR) is 81.0 cm³/mol. The molecule has 0 aliphatic heterocycles. The van der Waals surface area contributed by atoms with Crippen molar-refractivity contribution in [2.75, 3.05) is 0 Å². The summed E-state index contributed by atoms with van der Waals surface area (Å²) in [5.41, 5.74) is -0.638. The molecule has 2 N–H and O–H groups in total. The van der Waals surface area contributed by atoms with E-state index in [1.807, 2.05) is 0 Å². The molecule has 0 spiro atoms. The smallest absolute Gasteiger partial charge is 0.478 e. The van der Waals surface area contributed by atoms with Crippen molar-refractivity contribution in [2.45, 2.75) is 39.9 Å². The molecule has 0 heterocycles. The lowest BCUT2D eigenvalue weighted by molar-refractivity contribution is 0.0694. The highest BCUT2D eigenvalue weighted by atomic mass is 31.2. The molecule has 0 saturated heterocycles. The lowest BCUT2D eigenvalue weighted by atomic mass is 10.1. The zero-order chi connectivity index (χ0) is 17.8. The third kappa shape index (κ3) is 6.02. The molecule has 0 atom stereocenters. The van der Waals surface area contributed by atoms with Gasteiger partial charge in [0.15, 0.2) is 0 Å². The second-order valence-corrected chi connectivity index (χ2v) is 6.70. The van der Waals surface area contributed by atoms with Crippen molar-refractivity contribution in [2.24, 2.45) is 0 Å². The number of benzene rings is 1. The number of hydrogen-bond donors (Lipinski definition) is 2. The Morgan fingerprint density at radius 1 is 0.913 bits per heavy atom. The van der Waals surface area contributed by atoms with E-state index in [9.17, 15) is 14.2 Å². The highest BCUT2D eigenvalue weighted by Gasteiger charge is 2.32. The van der Waals surface area contributed by atoms with Crippen LogP contribution in [0, 0.1) is 0 Å². The number of hydrogen-bond acceptors (Lipinski definition) is 6. The summed E-state index contributed by atoms with van der Waals surface area (Å²) in [7, 11) is -4.04. The van der Waals surface area contributed by atoms with Gasteiger partial charge in [0.2, 0.25) is 0 Å². The predicted octanol–water partition coefficient (Wildman–Crippen LogP) is 3.42. The molecule has 0 aliphatic rings. The van der Waals surface area contributed by atoms with Gasteiger partial charge in [0, 0.05) is 0 Å². The number of carboxylic acids is 2. The van der Waals surface area contributed by atoms with Crippen molar-refractivity contribution in [3.05, 3.63) is 29.3 Å². The summed E-state index contributed by atoms with van der Waals surface area (Å²) in [6, 6.07) is 3.07. The van der Waals surface area contributed by atoms with Crippen LogP contribution in [0.15, 0.2) is 18.2 Å². The first-order valence-corrected chi connectivity index (χ1v) is 8.26. The molecule has 0 saturated carbocycles. The van der Waals surface area contributed by atoms with E-state index < -0.39 is 32.0 Å². The lowest BCUT2D eigenvalue weighted by Gasteiger charge is -2.22. The third-order valence-corrected chi connectivity index (χ3v) is 4.09. The maximum atomic E-state index is 12.6. The van der Waals surface area contributed by atoms with Crippen molar-refractivity contribution < 1.29 is 37.9 Å². The Morgan fingerprint density at radius 2 is 1.30 bits per heavy atom. The lowest BCUT2D eigenvalue weighted by Crippen LogP contribution is -2.12. The molecule has 0 aliphatic carbocycles. The number of carbonyl (C=O) groups is 2.